The zero-order chi connectivity index (χ0) is 30.6. The third-order valence-corrected chi connectivity index (χ3v) is 6.45. The molecular weight excluding hydrogens is 559 g/mol. The van der Waals surface area contributed by atoms with Crippen molar-refractivity contribution in [3.63, 3.8) is 0 Å². The summed E-state index contributed by atoms with van der Waals surface area (Å²) in [7, 11) is 0. The maximum absolute atomic E-state index is 15.0. The number of alkyl halides is 1. The van der Waals surface area contributed by atoms with E-state index in [9.17, 15) is 28.7 Å². The largest absolute Gasteiger partial charge is 0.460 e. The predicted molar refractivity (Wildman–Crippen MR) is 142 cm³/mol. The van der Waals surface area contributed by atoms with E-state index in [1.807, 2.05) is 6.07 Å². The van der Waals surface area contributed by atoms with Crippen LogP contribution in [0.1, 0.15) is 39.0 Å². The first-order valence-electron chi connectivity index (χ1n) is 13.0. The molecule has 0 radical (unpaired) electrons. The topological polar surface area (TPSA) is 210 Å². The van der Waals surface area contributed by atoms with E-state index in [0.29, 0.717) is 0 Å². The Kier molecular flexibility index (Phi) is 9.06. The number of nitrogen functional groups attached to an aromatic ring is 1. The van der Waals surface area contributed by atoms with Gasteiger partial charge in [0.15, 0.2) is 23.4 Å². The molecule has 1 aliphatic heterocycles. The number of amides is 1. The summed E-state index contributed by atoms with van der Waals surface area (Å²) in [6.07, 6.45) is -4.50. The molecule has 2 aromatic heterocycles. The maximum Gasteiger partial charge on any atom is 0.408 e. The molecule has 226 valence electrons. The fourth-order valence-corrected chi connectivity index (χ4v) is 4.16. The molecule has 1 aromatic carbocycles. The molecule has 1 amide bonds. The van der Waals surface area contributed by atoms with Crippen molar-refractivity contribution in [2.75, 3.05) is 12.3 Å². The van der Waals surface area contributed by atoms with E-state index in [1.165, 1.54) is 17.8 Å². The molecule has 1 aliphatic rings. The average Bonchev–Trinajstić information content (AvgIpc) is 3.49. The molecule has 5 atom stereocenters. The number of carbonyl (C=O) groups is 3. The number of carbonyl (C=O) groups excluding carboxylic acids is 3. The Labute approximate surface area is 238 Å². The molecule has 16 heteroatoms. The number of aromatic amines is 1. The van der Waals surface area contributed by atoms with Crippen LogP contribution in [0.3, 0.4) is 0 Å². The van der Waals surface area contributed by atoms with Gasteiger partial charge in [0.05, 0.1) is 12.7 Å². The second kappa shape index (κ2) is 12.5. The van der Waals surface area contributed by atoms with Crippen LogP contribution in [0.2, 0.25) is 0 Å². The number of ether oxygens (including phenoxy) is 4. The SMILES string of the molecule is CC(OC(=O)[C@@H](NC(=O)OCc1ccccc1)C(C)C)C(=O)OC[C@H]1O[C@@H](n2cnc3c(=O)[nH]c(N)nc32)C[C@@]1(O)F. The number of aromatic nitrogens is 4. The van der Waals surface area contributed by atoms with Gasteiger partial charge in [-0.05, 0) is 18.4 Å². The van der Waals surface area contributed by atoms with Gasteiger partial charge in [0.1, 0.15) is 25.5 Å². The van der Waals surface area contributed by atoms with Crippen LogP contribution in [-0.4, -0.2) is 73.4 Å². The monoisotopic (exact) mass is 590 g/mol. The van der Waals surface area contributed by atoms with Crippen LogP contribution in [-0.2, 0) is 35.1 Å². The number of anilines is 1. The van der Waals surface area contributed by atoms with Crippen LogP contribution in [0.5, 0.6) is 0 Å². The van der Waals surface area contributed by atoms with E-state index in [2.05, 4.69) is 20.3 Å². The summed E-state index contributed by atoms with van der Waals surface area (Å²) in [5.74, 6) is -5.51. The number of nitrogens with two attached hydrogens (primary N) is 1. The number of alkyl carbamates (subject to hydrolysis) is 1. The number of rotatable bonds is 10. The zero-order valence-electron chi connectivity index (χ0n) is 23.0. The van der Waals surface area contributed by atoms with E-state index in [-0.39, 0.29) is 23.7 Å². The number of nitrogens with zero attached hydrogens (tertiary/aromatic N) is 3. The van der Waals surface area contributed by atoms with Gasteiger partial charge in [0.2, 0.25) is 11.8 Å². The number of imidazole rings is 1. The van der Waals surface area contributed by atoms with Crippen molar-refractivity contribution in [2.24, 2.45) is 5.92 Å². The van der Waals surface area contributed by atoms with Gasteiger partial charge in [-0.15, -0.1) is 0 Å². The van der Waals surface area contributed by atoms with Gasteiger partial charge in [-0.25, -0.2) is 23.8 Å². The highest BCUT2D eigenvalue weighted by Gasteiger charge is 2.50. The van der Waals surface area contributed by atoms with E-state index >= 15 is 0 Å². The smallest absolute Gasteiger partial charge is 0.408 e. The molecule has 0 saturated carbocycles. The van der Waals surface area contributed by atoms with Crippen molar-refractivity contribution in [1.29, 1.82) is 0 Å². The minimum absolute atomic E-state index is 0.00694. The minimum atomic E-state index is -2.93. The van der Waals surface area contributed by atoms with Crippen molar-refractivity contribution < 1.29 is 42.8 Å². The molecule has 3 aromatic rings. The summed E-state index contributed by atoms with van der Waals surface area (Å²) in [6, 6.07) is 7.79. The molecule has 0 bridgehead atoms. The molecule has 4 rings (SSSR count). The normalized spacial score (nSPS) is 21.6. The van der Waals surface area contributed by atoms with Crippen LogP contribution in [0, 0.1) is 5.92 Å². The van der Waals surface area contributed by atoms with Crippen molar-refractivity contribution in [1.82, 2.24) is 24.8 Å². The summed E-state index contributed by atoms with van der Waals surface area (Å²) in [5, 5.41) is 12.7. The molecular formula is C26H31FN6O9. The Morgan fingerprint density at radius 1 is 1.24 bits per heavy atom. The summed E-state index contributed by atoms with van der Waals surface area (Å²) < 4.78 is 37.1. The van der Waals surface area contributed by atoms with Crippen LogP contribution in [0.15, 0.2) is 41.5 Å². The molecule has 0 aliphatic carbocycles. The van der Waals surface area contributed by atoms with Gasteiger partial charge in [0.25, 0.3) is 5.56 Å². The van der Waals surface area contributed by atoms with Crippen molar-refractivity contribution in [3.8, 4) is 0 Å². The van der Waals surface area contributed by atoms with E-state index in [0.717, 1.165) is 5.56 Å². The lowest BCUT2D eigenvalue weighted by molar-refractivity contribution is -0.181. The molecule has 0 spiro atoms. The number of halogens is 1. The standard InChI is InChI=1S/C26H31FN6O9/c1-13(2)18(30-25(37)40-10-15-7-5-4-6-8-15)23(36)41-14(3)22(35)39-11-16-26(27,38)9-17(42-16)33-12-29-19-20(33)31-24(28)32-21(19)34/h4-8,12-14,16-18,38H,9-11H2,1-3H3,(H,30,37)(H3,28,31,32,34)/t14?,16-,17-,18+,26+/m1/s1. The number of esters is 2. The van der Waals surface area contributed by atoms with E-state index < -0.39 is 72.9 Å². The maximum atomic E-state index is 15.0. The first kappa shape index (κ1) is 30.4. The number of H-pyrrole nitrogens is 1. The highest BCUT2D eigenvalue weighted by molar-refractivity contribution is 5.84. The summed E-state index contributed by atoms with van der Waals surface area (Å²) in [4.78, 5) is 59.7. The second-order valence-corrected chi connectivity index (χ2v) is 10.0. The van der Waals surface area contributed by atoms with Gasteiger partial charge in [-0.2, -0.15) is 4.98 Å². The first-order chi connectivity index (χ1) is 19.9. The number of benzene rings is 1. The third-order valence-electron chi connectivity index (χ3n) is 6.45. The molecule has 1 fully saturated rings. The Hall–Kier alpha value is -4.57. The second-order valence-electron chi connectivity index (χ2n) is 10.0. The average molecular weight is 591 g/mol. The van der Waals surface area contributed by atoms with E-state index in [1.54, 1.807) is 38.1 Å². The Bertz CT molecular complexity index is 1490. The van der Waals surface area contributed by atoms with E-state index in [4.69, 9.17) is 24.7 Å². The highest BCUT2D eigenvalue weighted by atomic mass is 19.2. The molecule has 1 unspecified atom stereocenters. The molecule has 5 N–H and O–H groups in total. The van der Waals surface area contributed by atoms with Crippen LogP contribution in [0.25, 0.3) is 11.2 Å². The number of aliphatic hydroxyl groups is 1. The van der Waals surface area contributed by atoms with Gasteiger partial charge in [-0.1, -0.05) is 44.2 Å². The first-order valence-corrected chi connectivity index (χ1v) is 13.0. The Morgan fingerprint density at radius 2 is 1.95 bits per heavy atom. The lowest BCUT2D eigenvalue weighted by atomic mass is 10.1. The minimum Gasteiger partial charge on any atom is -0.460 e. The Balaban J connectivity index is 1.30. The van der Waals surface area contributed by atoms with Crippen molar-refractivity contribution >= 4 is 35.1 Å². The quantitative estimate of drug-likeness (QED) is 0.193. The lowest BCUT2D eigenvalue weighted by Gasteiger charge is -2.23. The van der Waals surface area contributed by atoms with Crippen molar-refractivity contribution in [3.05, 3.63) is 52.6 Å². The van der Waals surface area contributed by atoms with Crippen LogP contribution < -0.4 is 16.6 Å². The highest BCUT2D eigenvalue weighted by Crippen LogP contribution is 2.38. The van der Waals surface area contributed by atoms with Gasteiger partial charge in [-0.3, -0.25) is 14.3 Å². The van der Waals surface area contributed by atoms with Gasteiger partial charge >= 0.3 is 18.0 Å². The lowest BCUT2D eigenvalue weighted by Crippen LogP contribution is -2.47. The zero-order valence-corrected chi connectivity index (χ0v) is 23.0. The molecule has 15 nitrogen and oxygen atoms in total. The van der Waals surface area contributed by atoms with Gasteiger partial charge < -0.3 is 35.1 Å². The number of hydrogen-bond donors (Lipinski definition) is 4. The molecule has 3 heterocycles. The Morgan fingerprint density at radius 3 is 2.64 bits per heavy atom. The van der Waals surface area contributed by atoms with Gasteiger partial charge in [0, 0.05) is 0 Å². The summed E-state index contributed by atoms with van der Waals surface area (Å²) in [6.45, 7) is 3.80. The molecule has 1 saturated heterocycles. The van der Waals surface area contributed by atoms with Crippen LogP contribution in [0.4, 0.5) is 15.1 Å². The fraction of sp³-hybridized carbons (Fsp3) is 0.462. The molecule has 42 heavy (non-hydrogen) atoms. The number of nitrogens with one attached hydrogen (secondary N) is 2. The summed E-state index contributed by atoms with van der Waals surface area (Å²) in [5.41, 5.74) is 5.65. The number of hydrogen-bond acceptors (Lipinski definition) is 12. The van der Waals surface area contributed by atoms with Crippen LogP contribution >= 0.6 is 0 Å². The summed E-state index contributed by atoms with van der Waals surface area (Å²) >= 11 is 0. The predicted octanol–water partition coefficient (Wildman–Crippen LogP) is 1.07. The number of fused-ring (bicyclic) bond motifs is 1. The van der Waals surface area contributed by atoms with Crippen molar-refractivity contribution in [2.45, 2.75) is 64.1 Å². The fourth-order valence-electron chi connectivity index (χ4n) is 4.16. The third kappa shape index (κ3) is 7.01.